The van der Waals surface area contributed by atoms with Gasteiger partial charge < -0.3 is 13.9 Å². The van der Waals surface area contributed by atoms with E-state index < -0.39 is 30.2 Å². The summed E-state index contributed by atoms with van der Waals surface area (Å²) >= 11 is 0. The number of amides is 1. The number of hydrogen-bond donors (Lipinski definition) is 1. The van der Waals surface area contributed by atoms with Crippen molar-refractivity contribution in [2.75, 3.05) is 18.5 Å². The zero-order valence-corrected chi connectivity index (χ0v) is 17.8. The van der Waals surface area contributed by atoms with E-state index in [1.165, 1.54) is 19.4 Å². The summed E-state index contributed by atoms with van der Waals surface area (Å²) < 4.78 is 15.5. The van der Waals surface area contributed by atoms with Gasteiger partial charge in [0.25, 0.3) is 5.91 Å². The second-order valence-corrected chi connectivity index (χ2v) is 7.33. The highest BCUT2D eigenvalue weighted by atomic mass is 16.5. The van der Waals surface area contributed by atoms with Crippen LogP contribution in [0.15, 0.2) is 22.6 Å². The fourth-order valence-electron chi connectivity index (χ4n) is 3.69. The minimum Gasteiger partial charge on any atom is -0.462 e. The summed E-state index contributed by atoms with van der Waals surface area (Å²) in [6, 6.07) is 5.42. The first-order valence-electron chi connectivity index (χ1n) is 10.2. The van der Waals surface area contributed by atoms with Gasteiger partial charge in [-0.25, -0.2) is 9.59 Å². The van der Waals surface area contributed by atoms with Crippen molar-refractivity contribution < 1.29 is 33.1 Å². The number of aryl methyl sites for hydroxylation is 3. The predicted octanol–water partition coefficient (Wildman–Crippen LogP) is 3.64. The standard InChI is InChI=1S/C23H25NO7/c1-4-29-23(28)20-19(13(2)25)14(3)31-21(20)24-18(26)12-30-22(27)17-10-9-15-7-5-6-8-16(15)11-17/h9-11H,4-8,12H2,1-3H3,(H,24,26). The minimum absolute atomic E-state index is 0.0415. The summed E-state index contributed by atoms with van der Waals surface area (Å²) in [4.78, 5) is 48.9. The summed E-state index contributed by atoms with van der Waals surface area (Å²) in [5.74, 6) is -2.54. The molecule has 1 aromatic heterocycles. The van der Waals surface area contributed by atoms with Crippen molar-refractivity contribution in [3.8, 4) is 0 Å². The molecule has 8 heteroatoms. The highest BCUT2D eigenvalue weighted by molar-refractivity contribution is 6.10. The fraction of sp³-hybridized carbons (Fsp3) is 0.391. The number of hydrogen-bond acceptors (Lipinski definition) is 7. The van der Waals surface area contributed by atoms with Crippen LogP contribution in [0.1, 0.15) is 74.7 Å². The number of benzene rings is 1. The van der Waals surface area contributed by atoms with Crippen LogP contribution in [0.4, 0.5) is 5.88 Å². The van der Waals surface area contributed by atoms with Crippen LogP contribution in [0.3, 0.4) is 0 Å². The average molecular weight is 427 g/mol. The zero-order chi connectivity index (χ0) is 22.5. The van der Waals surface area contributed by atoms with E-state index >= 15 is 0 Å². The number of anilines is 1. The number of furan rings is 1. The van der Waals surface area contributed by atoms with Crippen molar-refractivity contribution in [2.24, 2.45) is 0 Å². The van der Waals surface area contributed by atoms with Crippen molar-refractivity contribution in [2.45, 2.75) is 46.5 Å². The molecular formula is C23H25NO7. The van der Waals surface area contributed by atoms with Crippen LogP contribution in [-0.2, 0) is 27.1 Å². The van der Waals surface area contributed by atoms with Gasteiger partial charge in [-0.15, -0.1) is 0 Å². The lowest BCUT2D eigenvalue weighted by atomic mass is 9.90. The Labute approximate surface area is 179 Å². The molecule has 1 aliphatic rings. The Balaban J connectivity index is 1.68. The monoisotopic (exact) mass is 427 g/mol. The van der Waals surface area contributed by atoms with Crippen LogP contribution >= 0.6 is 0 Å². The molecule has 0 unspecified atom stereocenters. The fourth-order valence-corrected chi connectivity index (χ4v) is 3.69. The van der Waals surface area contributed by atoms with E-state index in [2.05, 4.69) is 5.32 Å². The van der Waals surface area contributed by atoms with E-state index in [-0.39, 0.29) is 29.4 Å². The molecule has 2 aromatic rings. The quantitative estimate of drug-likeness (QED) is 0.530. The Hall–Kier alpha value is -3.42. The van der Waals surface area contributed by atoms with Gasteiger partial charge in [0.05, 0.1) is 17.7 Å². The molecule has 0 fully saturated rings. The summed E-state index contributed by atoms with van der Waals surface area (Å²) in [5.41, 5.74) is 2.64. The molecule has 1 aliphatic carbocycles. The van der Waals surface area contributed by atoms with E-state index in [9.17, 15) is 19.2 Å². The number of carbonyl (C=O) groups is 4. The largest absolute Gasteiger partial charge is 0.462 e. The SMILES string of the molecule is CCOC(=O)c1c(NC(=O)COC(=O)c2ccc3c(c2)CCCC3)oc(C)c1C(C)=O. The van der Waals surface area contributed by atoms with Crippen LogP contribution < -0.4 is 5.32 Å². The summed E-state index contributed by atoms with van der Waals surface area (Å²) in [7, 11) is 0. The number of ketones is 1. The van der Waals surface area contributed by atoms with Crippen LogP contribution in [0.5, 0.6) is 0 Å². The predicted molar refractivity (Wildman–Crippen MR) is 111 cm³/mol. The first-order chi connectivity index (χ1) is 14.8. The van der Waals surface area contributed by atoms with Crippen molar-refractivity contribution in [3.05, 3.63) is 51.8 Å². The zero-order valence-electron chi connectivity index (χ0n) is 17.8. The van der Waals surface area contributed by atoms with Gasteiger partial charge in [0.1, 0.15) is 11.3 Å². The second kappa shape index (κ2) is 9.59. The molecule has 1 amide bonds. The van der Waals surface area contributed by atoms with E-state index in [1.807, 2.05) is 12.1 Å². The van der Waals surface area contributed by atoms with Gasteiger partial charge in [-0.2, -0.15) is 0 Å². The van der Waals surface area contributed by atoms with Gasteiger partial charge in [0.15, 0.2) is 12.4 Å². The lowest BCUT2D eigenvalue weighted by molar-refractivity contribution is -0.119. The molecule has 1 aromatic carbocycles. The molecule has 0 bridgehead atoms. The normalized spacial score (nSPS) is 12.6. The van der Waals surface area contributed by atoms with E-state index in [1.54, 1.807) is 13.0 Å². The molecule has 0 radical (unpaired) electrons. The molecule has 0 aliphatic heterocycles. The number of nitrogens with one attached hydrogen (secondary N) is 1. The Morgan fingerprint density at radius 2 is 1.71 bits per heavy atom. The van der Waals surface area contributed by atoms with E-state index in [0.717, 1.165) is 31.2 Å². The number of rotatable bonds is 7. The average Bonchev–Trinajstić information content (AvgIpc) is 3.07. The van der Waals surface area contributed by atoms with Gasteiger partial charge >= 0.3 is 11.9 Å². The lowest BCUT2D eigenvalue weighted by Gasteiger charge is -2.16. The van der Waals surface area contributed by atoms with Crippen molar-refractivity contribution in [1.82, 2.24) is 0 Å². The third-order valence-electron chi connectivity index (χ3n) is 5.09. The van der Waals surface area contributed by atoms with Crippen molar-refractivity contribution in [3.63, 3.8) is 0 Å². The maximum atomic E-state index is 12.4. The molecule has 1 heterocycles. The highest BCUT2D eigenvalue weighted by Gasteiger charge is 2.29. The van der Waals surface area contributed by atoms with E-state index in [0.29, 0.717) is 5.56 Å². The Morgan fingerprint density at radius 1 is 1.00 bits per heavy atom. The van der Waals surface area contributed by atoms with Crippen LogP contribution in [0.25, 0.3) is 0 Å². The van der Waals surface area contributed by atoms with Gasteiger partial charge in [-0.1, -0.05) is 6.07 Å². The topological polar surface area (TPSA) is 112 Å². The van der Waals surface area contributed by atoms with Crippen molar-refractivity contribution in [1.29, 1.82) is 0 Å². The number of fused-ring (bicyclic) bond motifs is 1. The highest BCUT2D eigenvalue weighted by Crippen LogP contribution is 2.28. The maximum Gasteiger partial charge on any atom is 0.344 e. The molecule has 0 atom stereocenters. The smallest absolute Gasteiger partial charge is 0.344 e. The molecule has 0 spiro atoms. The number of Topliss-reactive ketones (excluding diaryl/α,β-unsaturated/α-hetero) is 1. The third-order valence-corrected chi connectivity index (χ3v) is 5.09. The maximum absolute atomic E-state index is 12.4. The molecule has 0 saturated carbocycles. The molecule has 8 nitrogen and oxygen atoms in total. The molecule has 164 valence electrons. The summed E-state index contributed by atoms with van der Waals surface area (Å²) in [5, 5.41) is 2.39. The molecule has 0 saturated heterocycles. The molecule has 3 rings (SSSR count). The van der Waals surface area contributed by atoms with Crippen LogP contribution in [-0.4, -0.2) is 36.8 Å². The van der Waals surface area contributed by atoms with Gasteiger partial charge in [0, 0.05) is 0 Å². The van der Waals surface area contributed by atoms with Gasteiger partial charge in [-0.05, 0) is 69.7 Å². The molecular weight excluding hydrogens is 402 g/mol. The minimum atomic E-state index is -0.786. The number of carbonyl (C=O) groups excluding carboxylic acids is 4. The van der Waals surface area contributed by atoms with Crippen LogP contribution in [0, 0.1) is 6.92 Å². The first kappa shape index (κ1) is 22.3. The Kier molecular flexibility index (Phi) is 6.89. The molecule has 1 N–H and O–H groups in total. The second-order valence-electron chi connectivity index (χ2n) is 7.33. The van der Waals surface area contributed by atoms with E-state index in [4.69, 9.17) is 13.9 Å². The number of ether oxygens (including phenoxy) is 2. The number of esters is 2. The van der Waals surface area contributed by atoms with Gasteiger partial charge in [0.2, 0.25) is 5.88 Å². The first-order valence-corrected chi connectivity index (χ1v) is 10.2. The molecule has 31 heavy (non-hydrogen) atoms. The Bertz CT molecular complexity index is 1030. The Morgan fingerprint density at radius 3 is 2.39 bits per heavy atom. The van der Waals surface area contributed by atoms with Crippen LogP contribution in [0.2, 0.25) is 0 Å². The van der Waals surface area contributed by atoms with Gasteiger partial charge in [-0.3, -0.25) is 14.9 Å². The summed E-state index contributed by atoms with van der Waals surface area (Å²) in [6.07, 6.45) is 4.15. The van der Waals surface area contributed by atoms with Crippen molar-refractivity contribution >= 4 is 29.5 Å². The summed E-state index contributed by atoms with van der Waals surface area (Å²) in [6.45, 7) is 3.92. The third kappa shape index (κ3) is 5.02. The lowest BCUT2D eigenvalue weighted by Crippen LogP contribution is -2.22.